The van der Waals surface area contributed by atoms with Gasteiger partial charge in [-0.15, -0.1) is 0 Å². The highest BCUT2D eigenvalue weighted by Crippen LogP contribution is 2.50. The highest BCUT2D eigenvalue weighted by atomic mass is 19.4. The van der Waals surface area contributed by atoms with Gasteiger partial charge in [0.15, 0.2) is 0 Å². The molecule has 0 fully saturated rings. The van der Waals surface area contributed by atoms with Crippen molar-refractivity contribution in [1.82, 2.24) is 0 Å². The van der Waals surface area contributed by atoms with E-state index in [4.69, 9.17) is 10.2 Å². The molecule has 0 radical (unpaired) electrons. The Morgan fingerprint density at radius 2 is 1.34 bits per heavy atom. The van der Waals surface area contributed by atoms with E-state index in [1.807, 2.05) is 0 Å². The van der Waals surface area contributed by atoms with E-state index in [9.17, 15) is 55.7 Å². The number of carbonyl (C=O) groups is 4. The molecule has 0 amide bonds. The van der Waals surface area contributed by atoms with Crippen LogP contribution in [-0.2, 0) is 20.6 Å². The van der Waals surface area contributed by atoms with Gasteiger partial charge in [0.25, 0.3) is 0 Å². The number of carboxylic acid groups (broad SMARTS) is 4. The standard InChI is InChI=1S/C18H10F6O8/c19-17(20,21)9-3-6(12(25)26)1-2-7(9)8-5-16(14(29)30,15(31)32)11(13(27)28)4-10(8)18(22,23)24/h1-4H,5H2,(H,25,26)(H,27,28)(H,29,30)(H,31,32). The number of alkyl halides is 6. The van der Waals surface area contributed by atoms with E-state index in [0.717, 1.165) is 0 Å². The van der Waals surface area contributed by atoms with E-state index >= 15 is 0 Å². The Morgan fingerprint density at radius 3 is 1.72 bits per heavy atom. The molecule has 0 saturated carbocycles. The molecule has 172 valence electrons. The first kappa shape index (κ1) is 24.4. The predicted octanol–water partition coefficient (Wildman–Crippen LogP) is 3.29. The Morgan fingerprint density at radius 1 is 0.812 bits per heavy atom. The van der Waals surface area contributed by atoms with Gasteiger partial charge >= 0.3 is 36.2 Å². The fraction of sp³-hybridized carbons (Fsp3) is 0.222. The summed E-state index contributed by atoms with van der Waals surface area (Å²) in [4.78, 5) is 45.8. The van der Waals surface area contributed by atoms with Crippen LogP contribution in [0.2, 0.25) is 0 Å². The van der Waals surface area contributed by atoms with Gasteiger partial charge in [-0.2, -0.15) is 26.3 Å². The normalized spacial score (nSPS) is 16.4. The Bertz CT molecular complexity index is 1080. The molecule has 2 rings (SSSR count). The van der Waals surface area contributed by atoms with Gasteiger partial charge in [0.2, 0.25) is 5.41 Å². The molecule has 0 aliphatic heterocycles. The Kier molecular flexibility index (Phi) is 5.87. The number of benzene rings is 1. The molecular weight excluding hydrogens is 458 g/mol. The molecule has 0 saturated heterocycles. The summed E-state index contributed by atoms with van der Waals surface area (Å²) in [5, 5.41) is 36.8. The summed E-state index contributed by atoms with van der Waals surface area (Å²) in [7, 11) is 0. The van der Waals surface area contributed by atoms with Gasteiger partial charge in [0.1, 0.15) is 0 Å². The van der Waals surface area contributed by atoms with E-state index in [1.54, 1.807) is 0 Å². The van der Waals surface area contributed by atoms with E-state index in [2.05, 4.69) is 0 Å². The summed E-state index contributed by atoms with van der Waals surface area (Å²) in [6, 6.07) is 0.827. The number of aliphatic carboxylic acids is 3. The van der Waals surface area contributed by atoms with Crippen LogP contribution in [0.4, 0.5) is 26.3 Å². The van der Waals surface area contributed by atoms with Crippen molar-refractivity contribution in [2.75, 3.05) is 0 Å². The average Bonchev–Trinajstić information content (AvgIpc) is 2.64. The summed E-state index contributed by atoms with van der Waals surface area (Å²) in [6.07, 6.45) is -13.1. The predicted molar refractivity (Wildman–Crippen MR) is 89.4 cm³/mol. The van der Waals surface area contributed by atoms with Crippen molar-refractivity contribution in [3.63, 3.8) is 0 Å². The quantitative estimate of drug-likeness (QED) is 0.380. The van der Waals surface area contributed by atoms with Crippen molar-refractivity contribution >= 4 is 29.5 Å². The monoisotopic (exact) mass is 468 g/mol. The number of halogens is 6. The summed E-state index contributed by atoms with van der Waals surface area (Å²) in [5.74, 6) is -9.04. The summed E-state index contributed by atoms with van der Waals surface area (Å²) < 4.78 is 81.6. The van der Waals surface area contributed by atoms with E-state index < -0.39 is 81.5 Å². The summed E-state index contributed by atoms with van der Waals surface area (Å²) in [6.45, 7) is 0. The highest BCUT2D eigenvalue weighted by molar-refractivity contribution is 6.13. The van der Waals surface area contributed by atoms with Gasteiger partial charge in [0.05, 0.1) is 22.3 Å². The first-order chi connectivity index (χ1) is 14.4. The molecule has 0 aromatic heterocycles. The van der Waals surface area contributed by atoms with Gasteiger partial charge in [-0.25, -0.2) is 9.59 Å². The van der Waals surface area contributed by atoms with Crippen molar-refractivity contribution in [3.8, 4) is 0 Å². The first-order valence-electron chi connectivity index (χ1n) is 8.12. The lowest BCUT2D eigenvalue weighted by Gasteiger charge is -2.33. The second kappa shape index (κ2) is 7.69. The molecule has 1 aliphatic carbocycles. The fourth-order valence-corrected chi connectivity index (χ4v) is 3.20. The molecule has 1 aliphatic rings. The maximum Gasteiger partial charge on any atom is 0.417 e. The number of hydrogen-bond donors (Lipinski definition) is 4. The Hall–Kier alpha value is -3.84. The van der Waals surface area contributed by atoms with Crippen molar-refractivity contribution in [1.29, 1.82) is 0 Å². The smallest absolute Gasteiger partial charge is 0.417 e. The van der Waals surface area contributed by atoms with Crippen LogP contribution in [0.15, 0.2) is 35.4 Å². The number of aromatic carboxylic acids is 1. The van der Waals surface area contributed by atoms with Crippen LogP contribution in [0.5, 0.6) is 0 Å². The maximum atomic E-state index is 13.6. The second-order valence-electron chi connectivity index (χ2n) is 6.51. The van der Waals surface area contributed by atoms with Crippen LogP contribution in [0.25, 0.3) is 5.57 Å². The zero-order valence-electron chi connectivity index (χ0n) is 15.2. The number of carboxylic acids is 4. The Labute approximate surface area is 172 Å². The first-order valence-corrected chi connectivity index (χ1v) is 8.12. The van der Waals surface area contributed by atoms with Gasteiger partial charge in [-0.1, -0.05) is 6.07 Å². The van der Waals surface area contributed by atoms with Crippen molar-refractivity contribution in [2.24, 2.45) is 5.41 Å². The summed E-state index contributed by atoms with van der Waals surface area (Å²) >= 11 is 0. The molecule has 0 spiro atoms. The molecule has 1 aromatic carbocycles. The third kappa shape index (κ3) is 4.02. The second-order valence-corrected chi connectivity index (χ2v) is 6.51. The third-order valence-electron chi connectivity index (χ3n) is 4.68. The molecule has 32 heavy (non-hydrogen) atoms. The van der Waals surface area contributed by atoms with Crippen molar-refractivity contribution in [3.05, 3.63) is 52.1 Å². The summed E-state index contributed by atoms with van der Waals surface area (Å²) in [5.41, 5.74) is -13.0. The van der Waals surface area contributed by atoms with Gasteiger partial charge < -0.3 is 20.4 Å². The lowest BCUT2D eigenvalue weighted by atomic mass is 9.68. The average molecular weight is 468 g/mol. The van der Waals surface area contributed by atoms with Crippen LogP contribution in [0, 0.1) is 5.41 Å². The van der Waals surface area contributed by atoms with E-state index in [1.165, 1.54) is 0 Å². The van der Waals surface area contributed by atoms with Gasteiger partial charge in [-0.3, -0.25) is 9.59 Å². The molecule has 0 unspecified atom stereocenters. The molecule has 4 N–H and O–H groups in total. The van der Waals surface area contributed by atoms with Crippen LogP contribution in [0.1, 0.15) is 27.9 Å². The highest BCUT2D eigenvalue weighted by Gasteiger charge is 2.57. The zero-order valence-corrected chi connectivity index (χ0v) is 15.2. The molecule has 8 nitrogen and oxygen atoms in total. The van der Waals surface area contributed by atoms with Gasteiger partial charge in [-0.05, 0) is 29.3 Å². The molecular formula is C18H10F6O8. The number of allylic oxidation sites excluding steroid dienone is 3. The van der Waals surface area contributed by atoms with Crippen LogP contribution < -0.4 is 0 Å². The maximum absolute atomic E-state index is 13.6. The molecule has 14 heteroatoms. The minimum Gasteiger partial charge on any atom is -0.480 e. The van der Waals surface area contributed by atoms with Gasteiger partial charge in [0, 0.05) is 6.42 Å². The SMILES string of the molecule is O=C(O)C1=CC(C(F)(F)F)=C(c2ccc(C(=O)O)cc2C(F)(F)F)CC1(C(=O)O)C(=O)O. The largest absolute Gasteiger partial charge is 0.480 e. The van der Waals surface area contributed by atoms with Crippen LogP contribution >= 0.6 is 0 Å². The molecule has 0 heterocycles. The molecule has 0 bridgehead atoms. The fourth-order valence-electron chi connectivity index (χ4n) is 3.20. The lowest BCUT2D eigenvalue weighted by molar-refractivity contribution is -0.164. The third-order valence-corrected chi connectivity index (χ3v) is 4.68. The molecule has 0 atom stereocenters. The molecule has 1 aromatic rings. The van der Waals surface area contributed by atoms with Crippen molar-refractivity contribution in [2.45, 2.75) is 18.8 Å². The van der Waals surface area contributed by atoms with E-state index in [-0.39, 0.29) is 12.1 Å². The lowest BCUT2D eigenvalue weighted by Crippen LogP contribution is -2.46. The zero-order chi connectivity index (χ0) is 24.8. The van der Waals surface area contributed by atoms with Crippen LogP contribution in [-0.4, -0.2) is 50.5 Å². The van der Waals surface area contributed by atoms with Crippen molar-refractivity contribution < 1.29 is 65.9 Å². The number of rotatable bonds is 5. The topological polar surface area (TPSA) is 149 Å². The number of hydrogen-bond acceptors (Lipinski definition) is 4. The van der Waals surface area contributed by atoms with E-state index in [0.29, 0.717) is 12.1 Å². The Balaban J connectivity index is 3.05. The minimum atomic E-state index is -5.52. The minimum absolute atomic E-state index is 0.00168. The van der Waals surface area contributed by atoms with Crippen LogP contribution in [0.3, 0.4) is 0 Å².